The fraction of sp³-hybridized carbons (Fsp3) is 0.302. The number of carbonyl (C=O) groups is 2. The second kappa shape index (κ2) is 17.4. The molecule has 1 aliphatic rings. The Hall–Kier alpha value is -5.06. The Morgan fingerprint density at radius 2 is 1.58 bits per heavy atom. The molecule has 4 unspecified atom stereocenters. The molecule has 52 heavy (non-hydrogen) atoms. The van der Waals surface area contributed by atoms with Crippen molar-refractivity contribution in [2.45, 2.75) is 58.0 Å². The standard InChI is InChI=1S/C43H47N3O6/c1-4-50-41(48)26-45-43(49)44-25-37-11-7-8-12-39(37)32-18-20-34(21-19-32)42-51-38(24-40(52-42)33-15-13-30(28-47)14-16-33)27-46(3)29(2)35-22-17-31-9-5-6-10-36(31)23-35/h5-23,29,38,40,42,47H,4,24-28H2,1-3H3,(H2,44,45,49). The molecule has 0 bridgehead atoms. The molecule has 0 saturated carbocycles. The van der Waals surface area contributed by atoms with Crippen LogP contribution in [0.4, 0.5) is 4.79 Å². The van der Waals surface area contributed by atoms with Gasteiger partial charge in [0.1, 0.15) is 6.54 Å². The number of hydrogen-bond donors (Lipinski definition) is 3. The molecule has 5 aromatic rings. The average Bonchev–Trinajstić information content (AvgIpc) is 3.19. The van der Waals surface area contributed by atoms with Crippen molar-refractivity contribution >= 4 is 22.8 Å². The number of rotatable bonds is 13. The lowest BCUT2D eigenvalue weighted by Gasteiger charge is -2.39. The largest absolute Gasteiger partial charge is 0.465 e. The minimum atomic E-state index is -0.584. The van der Waals surface area contributed by atoms with Crippen molar-refractivity contribution < 1.29 is 28.9 Å². The van der Waals surface area contributed by atoms with Crippen molar-refractivity contribution in [2.24, 2.45) is 0 Å². The van der Waals surface area contributed by atoms with Gasteiger partial charge in [0.25, 0.3) is 0 Å². The number of carbonyl (C=O) groups excluding carboxylic acids is 2. The first-order valence-electron chi connectivity index (χ1n) is 17.9. The van der Waals surface area contributed by atoms with Crippen LogP contribution in [0.1, 0.15) is 66.5 Å². The molecule has 1 heterocycles. The molecule has 0 aliphatic carbocycles. The van der Waals surface area contributed by atoms with Gasteiger partial charge in [0.05, 0.1) is 25.4 Å². The second-order valence-electron chi connectivity index (χ2n) is 13.2. The number of nitrogens with zero attached hydrogens (tertiary/aromatic N) is 1. The molecule has 0 spiro atoms. The van der Waals surface area contributed by atoms with Crippen LogP contribution in [0.15, 0.2) is 115 Å². The van der Waals surface area contributed by atoms with Crippen molar-refractivity contribution in [1.82, 2.24) is 15.5 Å². The summed E-state index contributed by atoms with van der Waals surface area (Å²) < 4.78 is 18.2. The number of likely N-dealkylation sites (N-methyl/N-ethyl adjacent to an activating group) is 1. The number of fused-ring (bicyclic) bond motifs is 1. The van der Waals surface area contributed by atoms with Gasteiger partial charge in [-0.15, -0.1) is 0 Å². The SMILES string of the molecule is CCOC(=O)CNC(=O)NCc1ccccc1-c1ccc(C2OC(CN(C)C(C)c3ccc4ccccc4c3)CC(c3ccc(CO)cc3)O2)cc1. The van der Waals surface area contributed by atoms with Crippen LogP contribution >= 0.6 is 0 Å². The topological polar surface area (TPSA) is 109 Å². The van der Waals surface area contributed by atoms with Crippen LogP contribution in [0.5, 0.6) is 0 Å². The van der Waals surface area contributed by atoms with Gasteiger partial charge in [0.2, 0.25) is 0 Å². The van der Waals surface area contributed by atoms with Gasteiger partial charge in [-0.2, -0.15) is 0 Å². The number of benzene rings is 5. The Morgan fingerprint density at radius 1 is 0.865 bits per heavy atom. The fourth-order valence-electron chi connectivity index (χ4n) is 6.61. The number of amides is 2. The first-order valence-corrected chi connectivity index (χ1v) is 17.9. The molecule has 0 aromatic heterocycles. The summed E-state index contributed by atoms with van der Waals surface area (Å²) in [6, 6.07) is 38.8. The van der Waals surface area contributed by atoms with E-state index in [0.29, 0.717) is 13.0 Å². The van der Waals surface area contributed by atoms with Crippen molar-refractivity contribution in [2.75, 3.05) is 26.7 Å². The first-order chi connectivity index (χ1) is 25.3. The summed E-state index contributed by atoms with van der Waals surface area (Å²) in [4.78, 5) is 26.3. The summed E-state index contributed by atoms with van der Waals surface area (Å²) in [6.07, 6.45) is -0.187. The van der Waals surface area contributed by atoms with E-state index in [4.69, 9.17) is 14.2 Å². The molecule has 1 aliphatic heterocycles. The highest BCUT2D eigenvalue weighted by molar-refractivity contribution is 5.83. The summed E-state index contributed by atoms with van der Waals surface area (Å²) in [5.41, 5.74) is 6.96. The molecule has 3 N–H and O–H groups in total. The molecule has 1 saturated heterocycles. The van der Waals surface area contributed by atoms with Gasteiger partial charge in [-0.1, -0.05) is 109 Å². The first kappa shape index (κ1) is 36.7. The molecule has 6 rings (SSSR count). The number of nitrogens with one attached hydrogen (secondary N) is 2. The fourth-order valence-corrected chi connectivity index (χ4v) is 6.61. The Balaban J connectivity index is 1.17. The molecule has 270 valence electrons. The van der Waals surface area contributed by atoms with E-state index in [1.165, 1.54) is 16.3 Å². The number of ether oxygens (including phenoxy) is 3. The molecule has 4 atom stereocenters. The lowest BCUT2D eigenvalue weighted by molar-refractivity contribution is -0.253. The maximum absolute atomic E-state index is 12.3. The predicted octanol–water partition coefficient (Wildman–Crippen LogP) is 7.60. The lowest BCUT2D eigenvalue weighted by Crippen LogP contribution is -2.38. The van der Waals surface area contributed by atoms with Gasteiger partial charge >= 0.3 is 12.0 Å². The average molecular weight is 702 g/mol. The zero-order valence-corrected chi connectivity index (χ0v) is 30.0. The van der Waals surface area contributed by atoms with Gasteiger partial charge in [0.15, 0.2) is 6.29 Å². The van der Waals surface area contributed by atoms with Gasteiger partial charge in [0, 0.05) is 31.1 Å². The molecular formula is C43H47N3O6. The molecule has 1 fully saturated rings. The van der Waals surface area contributed by atoms with E-state index in [2.05, 4.69) is 72.0 Å². The minimum Gasteiger partial charge on any atom is -0.465 e. The van der Waals surface area contributed by atoms with Crippen molar-refractivity contribution in [3.63, 3.8) is 0 Å². The number of esters is 1. The van der Waals surface area contributed by atoms with Crippen LogP contribution in [0.2, 0.25) is 0 Å². The van der Waals surface area contributed by atoms with Gasteiger partial charge < -0.3 is 30.0 Å². The summed E-state index contributed by atoms with van der Waals surface area (Å²) in [7, 11) is 2.14. The van der Waals surface area contributed by atoms with E-state index >= 15 is 0 Å². The maximum atomic E-state index is 12.3. The van der Waals surface area contributed by atoms with E-state index in [9.17, 15) is 14.7 Å². The van der Waals surface area contributed by atoms with Crippen LogP contribution in [0.25, 0.3) is 21.9 Å². The Kier molecular flexibility index (Phi) is 12.3. The van der Waals surface area contributed by atoms with Gasteiger partial charge in [-0.25, -0.2) is 4.79 Å². The van der Waals surface area contributed by atoms with Crippen molar-refractivity contribution in [1.29, 1.82) is 0 Å². The highest BCUT2D eigenvalue weighted by Gasteiger charge is 2.33. The smallest absolute Gasteiger partial charge is 0.325 e. The van der Waals surface area contributed by atoms with E-state index in [-0.39, 0.29) is 44.6 Å². The molecule has 9 heteroatoms. The second-order valence-corrected chi connectivity index (χ2v) is 13.2. The van der Waals surface area contributed by atoms with Crippen molar-refractivity contribution in [3.05, 3.63) is 143 Å². The van der Waals surface area contributed by atoms with Crippen LogP contribution < -0.4 is 10.6 Å². The summed E-state index contributed by atoms with van der Waals surface area (Å²) >= 11 is 0. The number of aliphatic hydroxyl groups excluding tert-OH is 1. The minimum absolute atomic E-state index is 0.00809. The Bertz CT molecular complexity index is 1950. The predicted molar refractivity (Wildman–Crippen MR) is 202 cm³/mol. The lowest BCUT2D eigenvalue weighted by atomic mass is 9.97. The van der Waals surface area contributed by atoms with Crippen molar-refractivity contribution in [3.8, 4) is 11.1 Å². The molecule has 0 radical (unpaired) electrons. The number of aliphatic hydroxyl groups is 1. The van der Waals surface area contributed by atoms with Crippen LogP contribution in [-0.2, 0) is 32.2 Å². The third-order valence-corrected chi connectivity index (χ3v) is 9.67. The summed E-state index contributed by atoms with van der Waals surface area (Å²) in [5, 5.41) is 17.4. The highest BCUT2D eigenvalue weighted by Crippen LogP contribution is 2.39. The molecule has 9 nitrogen and oxygen atoms in total. The molecule has 2 amide bonds. The highest BCUT2D eigenvalue weighted by atomic mass is 16.7. The Labute approximate surface area is 305 Å². The summed E-state index contributed by atoms with van der Waals surface area (Å²) in [6.45, 7) is 5.01. The van der Waals surface area contributed by atoms with Crippen LogP contribution in [0.3, 0.4) is 0 Å². The number of urea groups is 1. The third-order valence-electron chi connectivity index (χ3n) is 9.67. The van der Waals surface area contributed by atoms with Crippen LogP contribution in [0, 0.1) is 0 Å². The van der Waals surface area contributed by atoms with E-state index in [1.807, 2.05) is 72.8 Å². The van der Waals surface area contributed by atoms with E-state index in [0.717, 1.165) is 33.4 Å². The Morgan fingerprint density at radius 3 is 2.33 bits per heavy atom. The van der Waals surface area contributed by atoms with E-state index in [1.54, 1.807) is 6.92 Å². The maximum Gasteiger partial charge on any atom is 0.325 e. The van der Waals surface area contributed by atoms with Gasteiger partial charge in [-0.3, -0.25) is 9.69 Å². The molecule has 5 aromatic carbocycles. The zero-order valence-electron chi connectivity index (χ0n) is 30.0. The van der Waals surface area contributed by atoms with E-state index < -0.39 is 18.3 Å². The van der Waals surface area contributed by atoms with Crippen LogP contribution in [-0.4, -0.2) is 54.9 Å². The monoisotopic (exact) mass is 701 g/mol. The quantitative estimate of drug-likeness (QED) is 0.109. The summed E-state index contributed by atoms with van der Waals surface area (Å²) in [5.74, 6) is -0.482. The van der Waals surface area contributed by atoms with Gasteiger partial charge in [-0.05, 0) is 71.1 Å². The number of hydrogen-bond acceptors (Lipinski definition) is 7. The molecular weight excluding hydrogens is 654 g/mol. The normalized spacial score (nSPS) is 17.8. The third kappa shape index (κ3) is 9.23. The zero-order chi connectivity index (χ0) is 36.5.